The first-order valence-corrected chi connectivity index (χ1v) is 7.29. The van der Waals surface area contributed by atoms with Gasteiger partial charge in [-0.25, -0.2) is 0 Å². The van der Waals surface area contributed by atoms with E-state index in [0.717, 1.165) is 23.5 Å². The number of ether oxygens (including phenoxy) is 1. The van der Waals surface area contributed by atoms with E-state index in [1.165, 1.54) is 5.56 Å². The predicted octanol–water partition coefficient (Wildman–Crippen LogP) is 3.55. The molecule has 0 saturated carbocycles. The highest BCUT2D eigenvalue weighted by atomic mass is 32.1. The molecule has 4 heteroatoms. The standard InChI is InChI=1S/C17H20N2OS/c1-12(13-6-4-3-5-7-13)11-19-16-10-14(20-2)8-9-15(16)17(18)21/h3-10,12,19H,11H2,1-2H3,(H2,18,21). The second-order valence-corrected chi connectivity index (χ2v) is 5.41. The smallest absolute Gasteiger partial charge is 0.120 e. The van der Waals surface area contributed by atoms with Crippen molar-refractivity contribution < 1.29 is 4.74 Å². The van der Waals surface area contributed by atoms with Crippen LogP contribution in [-0.4, -0.2) is 18.6 Å². The summed E-state index contributed by atoms with van der Waals surface area (Å²) in [5, 5.41) is 3.42. The Hall–Kier alpha value is -2.07. The van der Waals surface area contributed by atoms with E-state index in [-0.39, 0.29) is 0 Å². The van der Waals surface area contributed by atoms with Crippen molar-refractivity contribution in [2.45, 2.75) is 12.8 Å². The Kier molecular flexibility index (Phi) is 5.17. The molecule has 0 aromatic heterocycles. The van der Waals surface area contributed by atoms with Crippen LogP contribution in [0.5, 0.6) is 5.75 Å². The zero-order chi connectivity index (χ0) is 15.2. The lowest BCUT2D eigenvalue weighted by Crippen LogP contribution is -2.16. The van der Waals surface area contributed by atoms with Crippen LogP contribution in [0.25, 0.3) is 0 Å². The molecule has 2 aromatic carbocycles. The fourth-order valence-corrected chi connectivity index (χ4v) is 2.35. The molecule has 0 aliphatic rings. The number of benzene rings is 2. The average Bonchev–Trinajstić information content (AvgIpc) is 2.52. The number of nitrogens with two attached hydrogens (primary N) is 1. The summed E-state index contributed by atoms with van der Waals surface area (Å²) in [4.78, 5) is 0.382. The minimum atomic E-state index is 0.382. The van der Waals surface area contributed by atoms with Crippen molar-refractivity contribution in [1.29, 1.82) is 0 Å². The van der Waals surface area contributed by atoms with Crippen molar-refractivity contribution >= 4 is 22.9 Å². The third kappa shape index (κ3) is 3.95. The van der Waals surface area contributed by atoms with Crippen LogP contribution in [0, 0.1) is 0 Å². The molecule has 2 rings (SSSR count). The van der Waals surface area contributed by atoms with Crippen LogP contribution in [0.1, 0.15) is 24.0 Å². The molecule has 110 valence electrons. The van der Waals surface area contributed by atoms with Gasteiger partial charge >= 0.3 is 0 Å². The average molecular weight is 300 g/mol. The van der Waals surface area contributed by atoms with E-state index < -0.39 is 0 Å². The first-order chi connectivity index (χ1) is 10.1. The fraction of sp³-hybridized carbons (Fsp3) is 0.235. The molecule has 0 fully saturated rings. The van der Waals surface area contributed by atoms with Crippen LogP contribution in [0.3, 0.4) is 0 Å². The maximum Gasteiger partial charge on any atom is 0.120 e. The third-order valence-electron chi connectivity index (χ3n) is 3.46. The molecule has 0 aliphatic carbocycles. The molecule has 21 heavy (non-hydrogen) atoms. The van der Waals surface area contributed by atoms with E-state index in [0.29, 0.717) is 10.9 Å². The molecule has 0 amide bonds. The van der Waals surface area contributed by atoms with Crippen molar-refractivity contribution in [3.8, 4) is 5.75 Å². The number of hydrogen-bond acceptors (Lipinski definition) is 3. The Morgan fingerprint density at radius 3 is 2.57 bits per heavy atom. The van der Waals surface area contributed by atoms with Crippen molar-refractivity contribution in [3.63, 3.8) is 0 Å². The third-order valence-corrected chi connectivity index (χ3v) is 3.68. The largest absolute Gasteiger partial charge is 0.497 e. The van der Waals surface area contributed by atoms with Gasteiger partial charge in [-0.3, -0.25) is 0 Å². The second kappa shape index (κ2) is 7.09. The molecule has 0 bridgehead atoms. The van der Waals surface area contributed by atoms with E-state index >= 15 is 0 Å². The van der Waals surface area contributed by atoms with Crippen molar-refractivity contribution in [1.82, 2.24) is 0 Å². The monoisotopic (exact) mass is 300 g/mol. The minimum Gasteiger partial charge on any atom is -0.497 e. The van der Waals surface area contributed by atoms with Crippen LogP contribution in [0.2, 0.25) is 0 Å². The Balaban J connectivity index is 2.13. The molecule has 0 heterocycles. The molecule has 0 spiro atoms. The summed E-state index contributed by atoms with van der Waals surface area (Å²) in [6.07, 6.45) is 0. The Morgan fingerprint density at radius 1 is 1.24 bits per heavy atom. The zero-order valence-electron chi connectivity index (χ0n) is 12.3. The Morgan fingerprint density at radius 2 is 1.95 bits per heavy atom. The summed E-state index contributed by atoms with van der Waals surface area (Å²) >= 11 is 5.10. The number of methoxy groups -OCH3 is 1. The summed E-state index contributed by atoms with van der Waals surface area (Å²) in [6.45, 7) is 2.98. The number of nitrogens with one attached hydrogen (secondary N) is 1. The van der Waals surface area contributed by atoms with Crippen LogP contribution in [0.15, 0.2) is 48.5 Å². The fourth-order valence-electron chi connectivity index (χ4n) is 2.17. The maximum absolute atomic E-state index is 5.77. The van der Waals surface area contributed by atoms with E-state index in [1.807, 2.05) is 24.3 Å². The van der Waals surface area contributed by atoms with Crippen molar-refractivity contribution in [3.05, 3.63) is 59.7 Å². The van der Waals surface area contributed by atoms with Crippen molar-refractivity contribution in [2.24, 2.45) is 5.73 Å². The highest BCUT2D eigenvalue weighted by molar-refractivity contribution is 7.80. The van der Waals surface area contributed by atoms with Gasteiger partial charge in [0.05, 0.1) is 7.11 Å². The highest BCUT2D eigenvalue weighted by Gasteiger charge is 2.09. The summed E-state index contributed by atoms with van der Waals surface area (Å²) in [7, 11) is 1.64. The van der Waals surface area contributed by atoms with Gasteiger partial charge in [-0.15, -0.1) is 0 Å². The molecule has 1 atom stereocenters. The topological polar surface area (TPSA) is 47.3 Å². The highest BCUT2D eigenvalue weighted by Crippen LogP contribution is 2.24. The van der Waals surface area contributed by atoms with Gasteiger partial charge in [0.1, 0.15) is 10.7 Å². The molecule has 1 unspecified atom stereocenters. The summed E-state index contributed by atoms with van der Waals surface area (Å²) < 4.78 is 5.26. The van der Waals surface area contributed by atoms with Crippen molar-refractivity contribution in [2.75, 3.05) is 19.0 Å². The summed E-state index contributed by atoms with van der Waals surface area (Å²) in [5.41, 5.74) is 8.82. The van der Waals surface area contributed by atoms with Gasteiger partial charge in [-0.1, -0.05) is 49.5 Å². The molecular formula is C17H20N2OS. The number of hydrogen-bond donors (Lipinski definition) is 2. The molecule has 0 saturated heterocycles. The number of thiocarbonyl (C=S) groups is 1. The first-order valence-electron chi connectivity index (χ1n) is 6.88. The van der Waals surface area contributed by atoms with Crippen LogP contribution in [0.4, 0.5) is 5.69 Å². The van der Waals surface area contributed by atoms with Crippen LogP contribution >= 0.6 is 12.2 Å². The lowest BCUT2D eigenvalue weighted by Gasteiger charge is -2.17. The van der Waals surface area contributed by atoms with E-state index in [9.17, 15) is 0 Å². The normalized spacial score (nSPS) is 11.7. The lowest BCUT2D eigenvalue weighted by atomic mass is 10.0. The quantitative estimate of drug-likeness (QED) is 0.801. The first kappa shape index (κ1) is 15.3. The minimum absolute atomic E-state index is 0.382. The molecule has 0 aliphatic heterocycles. The molecule has 0 radical (unpaired) electrons. The van der Waals surface area contributed by atoms with E-state index in [2.05, 4.69) is 36.5 Å². The SMILES string of the molecule is COc1ccc(C(N)=S)c(NCC(C)c2ccccc2)c1. The van der Waals surface area contributed by atoms with Gasteiger partial charge in [0.25, 0.3) is 0 Å². The molecule has 2 aromatic rings. The van der Waals surface area contributed by atoms with Gasteiger partial charge in [0.15, 0.2) is 0 Å². The molecule has 3 N–H and O–H groups in total. The maximum atomic E-state index is 5.77. The Bertz CT molecular complexity index is 613. The van der Waals surface area contributed by atoms with Gasteiger partial charge in [0.2, 0.25) is 0 Å². The van der Waals surface area contributed by atoms with Gasteiger partial charge in [-0.05, 0) is 23.6 Å². The molecular weight excluding hydrogens is 280 g/mol. The lowest BCUT2D eigenvalue weighted by molar-refractivity contribution is 0.415. The van der Waals surface area contributed by atoms with Crippen LogP contribution < -0.4 is 15.8 Å². The predicted molar refractivity (Wildman–Crippen MR) is 92.2 cm³/mol. The van der Waals surface area contributed by atoms with Gasteiger partial charge in [0, 0.05) is 23.9 Å². The van der Waals surface area contributed by atoms with E-state index in [1.54, 1.807) is 7.11 Å². The Labute approximate surface area is 131 Å². The summed E-state index contributed by atoms with van der Waals surface area (Å²) in [6, 6.07) is 16.1. The van der Waals surface area contributed by atoms with E-state index in [4.69, 9.17) is 22.7 Å². The zero-order valence-corrected chi connectivity index (χ0v) is 13.1. The molecule has 3 nitrogen and oxygen atoms in total. The van der Waals surface area contributed by atoms with Crippen LogP contribution in [-0.2, 0) is 0 Å². The van der Waals surface area contributed by atoms with Gasteiger partial charge in [-0.2, -0.15) is 0 Å². The second-order valence-electron chi connectivity index (χ2n) is 4.97. The summed E-state index contributed by atoms with van der Waals surface area (Å²) in [5.74, 6) is 1.17. The number of anilines is 1. The number of rotatable bonds is 6. The van der Waals surface area contributed by atoms with Gasteiger partial charge < -0.3 is 15.8 Å².